The Balaban J connectivity index is 0.000000137. The van der Waals surface area contributed by atoms with Crippen molar-refractivity contribution in [2.45, 2.75) is 51.9 Å². The van der Waals surface area contributed by atoms with Crippen LogP contribution in [0.15, 0.2) is 352 Å². The fraction of sp³-hybridized carbons (Fsp3) is 0.126. The molecule has 132 heavy (non-hydrogen) atoms. The molecular formula is C103H94N20O8S. The van der Waals surface area contributed by atoms with Gasteiger partial charge >= 0.3 is 6.09 Å². The van der Waals surface area contributed by atoms with Crippen LogP contribution in [0.2, 0.25) is 0 Å². The van der Waals surface area contributed by atoms with Crippen LogP contribution < -0.4 is 47.0 Å². The molecule has 28 nitrogen and oxygen atoms in total. The monoisotopic (exact) mass is 1770 g/mol. The van der Waals surface area contributed by atoms with Gasteiger partial charge in [0.15, 0.2) is 12.2 Å². The average Bonchev–Trinajstić information content (AvgIpc) is 1.64. The number of anilines is 9. The molecule has 0 aliphatic carbocycles. The average molecular weight is 1770 g/mol. The first-order valence-corrected chi connectivity index (χ1v) is 43.3. The van der Waals surface area contributed by atoms with Gasteiger partial charge in [-0.3, -0.25) is 54.5 Å². The van der Waals surface area contributed by atoms with E-state index in [0.29, 0.717) is 111 Å². The summed E-state index contributed by atoms with van der Waals surface area (Å²) in [5, 5.41) is 9.12. The largest absolute Gasteiger partial charge is 0.444 e. The highest BCUT2D eigenvalue weighted by atomic mass is 32.1. The fourth-order valence-electron chi connectivity index (χ4n) is 14.6. The standard InChI is InChI=1S/C30H24N6O3S.C30H27N5O3.C22H21N5O.C21H22N4O/c1-35(29(38)21-7-3-2-4-8-21)22-9-10-24-23(16-22)33-30(36(24)15-13-20-6-5-14-31-17-20)34-28(37)27-12-11-26(40-27)25-18-32-19-39-25;1-34(28(36)24-12-6-3-7-13-24)25-14-15-27-26(19-25)32-29(35(27)18-16-22-11-8-17-31-20-22)33-30(37)38-21-23-9-4-2-5-10-23;1-26(21(28)17-7-3-2-4-8-17)18-9-10-20-19(14-18)25-22(23)27(20)13-11-16-6-5-12-24-15-16;1-25(21(26)17-7-3-2-4-8-17)18-9-10-20(19(22)14-18)24-13-11-16-6-5-12-23-15-16/h2-12,14,16-19H,13,15H2,1H3,(H,33,34,37);2-15,17,19-20H,16,18,21H2,1H3,(H,32,33,37);2-10,12,14-15H,11,13H2,1H3,(H2,23,25);2-10,12,14-15,24H,11,13,22H2,1H3. The van der Waals surface area contributed by atoms with Crippen LogP contribution in [0.3, 0.4) is 0 Å². The summed E-state index contributed by atoms with van der Waals surface area (Å²) in [6.45, 7) is 2.76. The third-order valence-electron chi connectivity index (χ3n) is 21.8. The summed E-state index contributed by atoms with van der Waals surface area (Å²) < 4.78 is 16.7. The Hall–Kier alpha value is -17.1. The van der Waals surface area contributed by atoms with E-state index in [1.54, 1.807) is 121 Å². The molecule has 9 aromatic carbocycles. The van der Waals surface area contributed by atoms with Crippen molar-refractivity contribution in [3.8, 4) is 10.6 Å². The van der Waals surface area contributed by atoms with Crippen molar-refractivity contribution in [2.75, 3.05) is 81.8 Å². The number of benzene rings is 9. The summed E-state index contributed by atoms with van der Waals surface area (Å²) in [5.41, 5.74) is 29.3. The number of nitrogens with one attached hydrogen (secondary N) is 3. The Morgan fingerprint density at radius 3 is 1.17 bits per heavy atom. The summed E-state index contributed by atoms with van der Waals surface area (Å²) in [5.74, 6) is 1.22. The predicted octanol–water partition coefficient (Wildman–Crippen LogP) is 18.7. The van der Waals surface area contributed by atoms with Gasteiger partial charge in [0.05, 0.1) is 60.4 Å². The molecule has 7 N–H and O–H groups in total. The van der Waals surface area contributed by atoms with Crippen LogP contribution >= 0.6 is 11.3 Å². The summed E-state index contributed by atoms with van der Waals surface area (Å²) in [6, 6.07) is 88.2. The van der Waals surface area contributed by atoms with Gasteiger partial charge in [-0.05, 0) is 211 Å². The molecule has 0 spiro atoms. The van der Waals surface area contributed by atoms with E-state index < -0.39 is 6.09 Å². The van der Waals surface area contributed by atoms with Crippen molar-refractivity contribution < 1.29 is 37.9 Å². The minimum absolute atomic E-state index is 0.0658. The van der Waals surface area contributed by atoms with Gasteiger partial charge in [0, 0.05) is 149 Å². The number of hydrogen-bond acceptors (Lipinski definition) is 20. The quantitative estimate of drug-likeness (QED) is 0.0299. The van der Waals surface area contributed by atoms with Gasteiger partial charge in [0.1, 0.15) is 6.61 Å². The lowest BCUT2D eigenvalue weighted by molar-refractivity contribution is 0.0985. The number of thiophene rings is 1. The van der Waals surface area contributed by atoms with E-state index in [1.807, 2.05) is 281 Å². The highest BCUT2D eigenvalue weighted by Crippen LogP contribution is 2.34. The lowest BCUT2D eigenvalue weighted by atomic mass is 10.1. The minimum Gasteiger partial charge on any atom is -0.444 e. The first-order chi connectivity index (χ1) is 64.4. The van der Waals surface area contributed by atoms with Crippen molar-refractivity contribution in [3.05, 3.63) is 402 Å². The number of carbonyl (C=O) groups is 6. The van der Waals surface area contributed by atoms with Crippen LogP contribution in [0.4, 0.5) is 56.8 Å². The second kappa shape index (κ2) is 43.4. The number of oxazole rings is 1. The molecule has 6 amide bonds. The van der Waals surface area contributed by atoms with Crippen LogP contribution in [0.1, 0.15) is 78.9 Å². The van der Waals surface area contributed by atoms with Crippen molar-refractivity contribution in [1.82, 2.24) is 53.6 Å². The summed E-state index contributed by atoms with van der Waals surface area (Å²) in [7, 11) is 6.98. The Morgan fingerprint density at radius 1 is 0.386 bits per heavy atom. The zero-order valence-electron chi connectivity index (χ0n) is 72.8. The second-order valence-electron chi connectivity index (χ2n) is 30.5. The SMILES string of the molecule is CN(C(=O)c1ccccc1)c1ccc(NCCc2cccnc2)c(N)c1.CN(C(=O)c1ccccc1)c1ccc2c(c1)nc(N)n2CCc1cccnc1.CN(C(=O)c1ccccc1)c1ccc2c(c1)nc(NC(=O)OCc1ccccc1)n2CCc1cccnc1.CN(C(=O)c1ccccc1)c1ccc2c(c1)nc(NC(=O)c1ccc(-c3cnco3)s1)n2CCc1cccnc1. The van der Waals surface area contributed by atoms with Gasteiger partial charge in [0.25, 0.3) is 29.5 Å². The zero-order chi connectivity index (χ0) is 91.7. The smallest absolute Gasteiger partial charge is 0.414 e. The number of nitrogens with zero attached hydrogens (tertiary/aromatic N) is 15. The zero-order valence-corrected chi connectivity index (χ0v) is 73.6. The number of rotatable bonds is 27. The molecule has 0 bridgehead atoms. The van der Waals surface area contributed by atoms with Gasteiger partial charge in [-0.2, -0.15) is 0 Å². The van der Waals surface area contributed by atoms with Crippen molar-refractivity contribution in [3.63, 3.8) is 0 Å². The van der Waals surface area contributed by atoms with Crippen molar-refractivity contribution >= 4 is 132 Å². The number of carbonyl (C=O) groups excluding carboxylic acids is 6. The maximum Gasteiger partial charge on any atom is 0.414 e. The first kappa shape index (κ1) is 89.7. The van der Waals surface area contributed by atoms with E-state index in [-0.39, 0.29) is 36.1 Å². The van der Waals surface area contributed by atoms with E-state index in [1.165, 1.54) is 23.3 Å². The topological polar surface area (TPSA) is 344 Å². The van der Waals surface area contributed by atoms with E-state index >= 15 is 0 Å². The first-order valence-electron chi connectivity index (χ1n) is 42.5. The summed E-state index contributed by atoms with van der Waals surface area (Å²) in [4.78, 5) is 119. The normalized spacial score (nSPS) is 10.8. The van der Waals surface area contributed by atoms with Crippen molar-refractivity contribution in [1.29, 1.82) is 0 Å². The number of nitrogens with two attached hydrogens (primary N) is 2. The molecule has 0 saturated heterocycles. The predicted molar refractivity (Wildman–Crippen MR) is 519 cm³/mol. The second-order valence-corrected chi connectivity index (χ2v) is 31.6. The summed E-state index contributed by atoms with van der Waals surface area (Å²) in [6.07, 6.45) is 19.8. The highest BCUT2D eigenvalue weighted by Gasteiger charge is 2.24. The van der Waals surface area contributed by atoms with Gasteiger partial charge in [-0.25, -0.2) is 24.7 Å². The number of ether oxygens (including phenoxy) is 1. The van der Waals surface area contributed by atoms with E-state index in [2.05, 4.69) is 45.9 Å². The van der Waals surface area contributed by atoms with Gasteiger partial charge in [0.2, 0.25) is 17.8 Å². The molecule has 0 saturated carbocycles. The number of hydrogen-bond donors (Lipinski definition) is 5. The maximum absolute atomic E-state index is 13.3. The van der Waals surface area contributed by atoms with Gasteiger partial charge in [-0.1, -0.05) is 127 Å². The Labute approximate surface area is 765 Å². The molecular weight excluding hydrogens is 1680 g/mol. The molecule has 29 heteroatoms. The molecule has 0 atom stereocenters. The minimum atomic E-state index is -0.594. The Bertz CT molecular complexity index is 6920. The number of amides is 6. The number of imidazole rings is 3. The molecule has 0 aliphatic rings. The van der Waals surface area contributed by atoms with Crippen LogP contribution in [0, 0.1) is 0 Å². The molecule has 9 heterocycles. The summed E-state index contributed by atoms with van der Waals surface area (Å²) >= 11 is 1.31. The highest BCUT2D eigenvalue weighted by molar-refractivity contribution is 7.17. The third kappa shape index (κ3) is 22.8. The molecule has 0 aliphatic heterocycles. The number of fused-ring (bicyclic) bond motifs is 3. The van der Waals surface area contributed by atoms with Crippen molar-refractivity contribution in [2.24, 2.45) is 0 Å². The van der Waals surface area contributed by atoms with Crippen LogP contribution in [-0.4, -0.2) is 124 Å². The molecule has 0 unspecified atom stereocenters. The number of aryl methyl sites for hydroxylation is 6. The fourth-order valence-corrected chi connectivity index (χ4v) is 15.4. The van der Waals surface area contributed by atoms with E-state index in [0.717, 1.165) is 85.6 Å². The Morgan fingerprint density at radius 2 is 0.765 bits per heavy atom. The van der Waals surface area contributed by atoms with Crippen LogP contribution in [0.5, 0.6) is 0 Å². The lowest BCUT2D eigenvalue weighted by Gasteiger charge is -2.19. The molecule has 660 valence electrons. The molecule has 0 radical (unpaired) electrons. The number of pyridine rings is 4. The van der Waals surface area contributed by atoms with Gasteiger partial charge in [-0.15, -0.1) is 11.3 Å². The third-order valence-corrected chi connectivity index (χ3v) is 22.9. The van der Waals surface area contributed by atoms with Crippen LogP contribution in [0.25, 0.3) is 43.7 Å². The number of aromatic nitrogens is 11. The molecule has 0 fully saturated rings. The van der Waals surface area contributed by atoms with E-state index in [4.69, 9.17) is 30.6 Å². The van der Waals surface area contributed by atoms with Crippen LogP contribution in [-0.2, 0) is 56.7 Å². The van der Waals surface area contributed by atoms with E-state index in [9.17, 15) is 28.8 Å². The maximum atomic E-state index is 13.3. The lowest BCUT2D eigenvalue weighted by Crippen LogP contribution is -2.26. The number of nitrogen functional groups attached to an aromatic ring is 2. The molecule has 18 rings (SSSR count). The molecule has 9 aromatic heterocycles. The van der Waals surface area contributed by atoms with Gasteiger partial charge < -0.3 is 59.2 Å². The Kier molecular flexibility index (Phi) is 29.5. The molecule has 18 aromatic rings.